The number of nitro benzene ring substituents is 1. The van der Waals surface area contributed by atoms with E-state index in [1.54, 1.807) is 18.3 Å². The summed E-state index contributed by atoms with van der Waals surface area (Å²) in [5.74, 6) is 0. The molecule has 21 heavy (non-hydrogen) atoms. The van der Waals surface area contributed by atoms with Gasteiger partial charge in [-0.1, -0.05) is 31.5 Å². The Morgan fingerprint density at radius 3 is 2.81 bits per heavy atom. The molecule has 0 radical (unpaired) electrons. The van der Waals surface area contributed by atoms with Crippen molar-refractivity contribution in [2.45, 2.75) is 32.4 Å². The highest BCUT2D eigenvalue weighted by atomic mass is 16.6. The molecule has 5 heteroatoms. The fraction of sp³-hybridized carbons (Fsp3) is 0.312. The third-order valence-electron chi connectivity index (χ3n) is 3.32. The van der Waals surface area contributed by atoms with Gasteiger partial charge in [-0.2, -0.15) is 0 Å². The molecule has 1 atom stereocenters. The molecular weight excluding hydrogens is 266 g/mol. The van der Waals surface area contributed by atoms with E-state index in [0.717, 1.165) is 24.1 Å². The maximum absolute atomic E-state index is 10.9. The molecule has 0 fully saturated rings. The summed E-state index contributed by atoms with van der Waals surface area (Å²) in [6.45, 7) is 2.75. The van der Waals surface area contributed by atoms with Gasteiger partial charge in [0.15, 0.2) is 0 Å². The molecule has 0 aliphatic heterocycles. The normalized spacial score (nSPS) is 12.0. The molecule has 0 spiro atoms. The number of nitro groups is 1. The van der Waals surface area contributed by atoms with Crippen LogP contribution in [-0.4, -0.2) is 9.91 Å². The average molecular weight is 285 g/mol. The molecule has 110 valence electrons. The number of benzene rings is 1. The summed E-state index contributed by atoms with van der Waals surface area (Å²) in [4.78, 5) is 14.8. The van der Waals surface area contributed by atoms with Crippen LogP contribution >= 0.6 is 0 Å². The third kappa shape index (κ3) is 4.36. The topological polar surface area (TPSA) is 68.1 Å². The Hall–Kier alpha value is -2.27. The average Bonchev–Trinajstić information content (AvgIpc) is 2.52. The van der Waals surface area contributed by atoms with E-state index in [1.807, 2.05) is 24.3 Å². The fourth-order valence-electron chi connectivity index (χ4n) is 2.26. The monoisotopic (exact) mass is 285 g/mol. The number of hydrogen-bond acceptors (Lipinski definition) is 4. The highest BCUT2D eigenvalue weighted by Gasteiger charge is 2.14. The first-order chi connectivity index (χ1) is 10.2. The van der Waals surface area contributed by atoms with Gasteiger partial charge < -0.3 is 5.32 Å². The van der Waals surface area contributed by atoms with E-state index in [-0.39, 0.29) is 16.7 Å². The van der Waals surface area contributed by atoms with Gasteiger partial charge in [0.25, 0.3) is 5.69 Å². The Morgan fingerprint density at radius 2 is 2.14 bits per heavy atom. The lowest BCUT2D eigenvalue weighted by Gasteiger charge is -2.18. The van der Waals surface area contributed by atoms with Crippen LogP contribution in [0.15, 0.2) is 48.7 Å². The minimum absolute atomic E-state index is 0.0944. The van der Waals surface area contributed by atoms with Crippen molar-refractivity contribution in [3.05, 3.63) is 70.0 Å². The van der Waals surface area contributed by atoms with Gasteiger partial charge in [-0.05, 0) is 24.1 Å². The summed E-state index contributed by atoms with van der Waals surface area (Å²) in [5, 5.41) is 14.3. The van der Waals surface area contributed by atoms with E-state index in [1.165, 1.54) is 6.07 Å². The number of pyridine rings is 1. The first kappa shape index (κ1) is 15.1. The smallest absolute Gasteiger partial charge is 0.269 e. The van der Waals surface area contributed by atoms with Crippen molar-refractivity contribution in [3.8, 4) is 0 Å². The van der Waals surface area contributed by atoms with Gasteiger partial charge in [0, 0.05) is 30.9 Å². The van der Waals surface area contributed by atoms with Crippen molar-refractivity contribution in [2.75, 3.05) is 0 Å². The number of nitrogens with zero attached hydrogens (tertiary/aromatic N) is 2. The lowest BCUT2D eigenvalue weighted by molar-refractivity contribution is -0.384. The number of hydrogen-bond donors (Lipinski definition) is 1. The summed E-state index contributed by atoms with van der Waals surface area (Å²) in [6.07, 6.45) is 3.69. The zero-order chi connectivity index (χ0) is 15.1. The van der Waals surface area contributed by atoms with Gasteiger partial charge in [-0.25, -0.2) is 0 Å². The number of rotatable bonds is 7. The maximum Gasteiger partial charge on any atom is 0.269 e. The van der Waals surface area contributed by atoms with Crippen LogP contribution in [0.2, 0.25) is 0 Å². The van der Waals surface area contributed by atoms with Crippen LogP contribution in [0.3, 0.4) is 0 Å². The van der Waals surface area contributed by atoms with Crippen LogP contribution in [0.5, 0.6) is 0 Å². The van der Waals surface area contributed by atoms with Gasteiger partial charge in [-0.15, -0.1) is 0 Å². The van der Waals surface area contributed by atoms with Gasteiger partial charge in [0.2, 0.25) is 0 Å². The van der Waals surface area contributed by atoms with E-state index >= 15 is 0 Å². The summed E-state index contributed by atoms with van der Waals surface area (Å²) in [5.41, 5.74) is 2.04. The molecule has 1 N–H and O–H groups in total. The SMILES string of the molecule is CCCC(NCc1ccccn1)c1cccc([N+](=O)[O-])c1. The van der Waals surface area contributed by atoms with Crippen molar-refractivity contribution >= 4 is 5.69 Å². The van der Waals surface area contributed by atoms with E-state index in [0.29, 0.717) is 6.54 Å². The maximum atomic E-state index is 10.9. The van der Waals surface area contributed by atoms with Crippen LogP contribution in [-0.2, 0) is 6.54 Å². The Bertz CT molecular complexity index is 587. The van der Waals surface area contributed by atoms with Crippen molar-refractivity contribution < 1.29 is 4.92 Å². The standard InChI is InChI=1S/C16H19N3O2/c1-2-6-16(18-12-14-8-3-4-10-17-14)13-7-5-9-15(11-13)19(20)21/h3-5,7-11,16,18H,2,6,12H2,1H3. The van der Waals surface area contributed by atoms with Crippen molar-refractivity contribution in [2.24, 2.45) is 0 Å². The Labute approximate surface area is 124 Å². The third-order valence-corrected chi connectivity index (χ3v) is 3.32. The summed E-state index contributed by atoms with van der Waals surface area (Å²) in [7, 11) is 0. The summed E-state index contributed by atoms with van der Waals surface area (Å²) in [6, 6.07) is 12.7. The van der Waals surface area contributed by atoms with E-state index in [2.05, 4.69) is 17.2 Å². The first-order valence-corrected chi connectivity index (χ1v) is 7.08. The first-order valence-electron chi connectivity index (χ1n) is 7.08. The predicted octanol–water partition coefficient (Wildman–Crippen LogP) is 3.62. The molecule has 0 saturated carbocycles. The predicted molar refractivity (Wildman–Crippen MR) is 81.8 cm³/mol. The molecule has 1 aromatic heterocycles. The molecule has 0 amide bonds. The zero-order valence-corrected chi connectivity index (χ0v) is 12.0. The van der Waals surface area contributed by atoms with Crippen LogP contribution in [0.25, 0.3) is 0 Å². The second-order valence-electron chi connectivity index (χ2n) is 4.90. The van der Waals surface area contributed by atoms with Crippen LogP contribution in [0.1, 0.15) is 37.1 Å². The lowest BCUT2D eigenvalue weighted by Crippen LogP contribution is -2.21. The van der Waals surface area contributed by atoms with Crippen LogP contribution in [0, 0.1) is 10.1 Å². The fourth-order valence-corrected chi connectivity index (χ4v) is 2.26. The number of aromatic nitrogens is 1. The molecule has 0 saturated heterocycles. The molecule has 5 nitrogen and oxygen atoms in total. The molecule has 0 aliphatic rings. The van der Waals surface area contributed by atoms with Crippen molar-refractivity contribution in [1.82, 2.24) is 10.3 Å². The second-order valence-corrected chi connectivity index (χ2v) is 4.90. The van der Waals surface area contributed by atoms with E-state index in [9.17, 15) is 10.1 Å². The second kappa shape index (κ2) is 7.50. The highest BCUT2D eigenvalue weighted by molar-refractivity contribution is 5.35. The Kier molecular flexibility index (Phi) is 5.40. The van der Waals surface area contributed by atoms with E-state index < -0.39 is 0 Å². The molecule has 2 rings (SSSR count). The quantitative estimate of drug-likeness (QED) is 0.623. The zero-order valence-electron chi connectivity index (χ0n) is 12.0. The highest BCUT2D eigenvalue weighted by Crippen LogP contribution is 2.23. The summed E-state index contributed by atoms with van der Waals surface area (Å²) >= 11 is 0. The van der Waals surface area contributed by atoms with Crippen molar-refractivity contribution in [1.29, 1.82) is 0 Å². The van der Waals surface area contributed by atoms with Gasteiger partial charge in [-0.3, -0.25) is 15.1 Å². The molecule has 1 unspecified atom stereocenters. The van der Waals surface area contributed by atoms with Gasteiger partial charge in [0.05, 0.1) is 10.6 Å². The molecule has 2 aromatic rings. The molecular formula is C16H19N3O2. The summed E-state index contributed by atoms with van der Waals surface area (Å²) < 4.78 is 0. The lowest BCUT2D eigenvalue weighted by atomic mass is 10.0. The number of nitrogens with one attached hydrogen (secondary N) is 1. The molecule has 0 bridgehead atoms. The Balaban J connectivity index is 2.11. The van der Waals surface area contributed by atoms with E-state index in [4.69, 9.17) is 0 Å². The molecule has 0 aliphatic carbocycles. The molecule has 1 heterocycles. The van der Waals surface area contributed by atoms with Gasteiger partial charge in [0.1, 0.15) is 0 Å². The van der Waals surface area contributed by atoms with Crippen LogP contribution < -0.4 is 5.32 Å². The van der Waals surface area contributed by atoms with Gasteiger partial charge >= 0.3 is 0 Å². The minimum Gasteiger partial charge on any atom is -0.304 e. The molecule has 1 aromatic carbocycles. The van der Waals surface area contributed by atoms with Crippen molar-refractivity contribution in [3.63, 3.8) is 0 Å². The minimum atomic E-state index is -0.356. The number of non-ortho nitro benzene ring substituents is 1. The largest absolute Gasteiger partial charge is 0.304 e. The van der Waals surface area contributed by atoms with Crippen LogP contribution in [0.4, 0.5) is 5.69 Å². The Morgan fingerprint density at radius 1 is 1.29 bits per heavy atom.